The molecule has 0 aliphatic heterocycles. The first-order valence-corrected chi connectivity index (χ1v) is 8.60. The van der Waals surface area contributed by atoms with Crippen molar-refractivity contribution in [1.82, 2.24) is 0 Å². The van der Waals surface area contributed by atoms with Crippen molar-refractivity contribution in [2.24, 2.45) is 0 Å². The van der Waals surface area contributed by atoms with Gasteiger partial charge in [0, 0.05) is 9.86 Å². The Bertz CT molecular complexity index is 1060. The number of rotatable bonds is 4. The summed E-state index contributed by atoms with van der Waals surface area (Å²) in [6.07, 6.45) is 0. The molecule has 0 saturated carbocycles. The molecule has 7 heteroatoms. The molecule has 1 N–H and O–H groups in total. The van der Waals surface area contributed by atoms with E-state index < -0.39 is 17.5 Å². The highest BCUT2D eigenvalue weighted by Gasteiger charge is 2.18. The van der Waals surface area contributed by atoms with Gasteiger partial charge in [0.1, 0.15) is 11.1 Å². The van der Waals surface area contributed by atoms with E-state index >= 15 is 0 Å². The van der Waals surface area contributed by atoms with Crippen LogP contribution in [0.1, 0.15) is 27.6 Å². The first-order chi connectivity index (χ1) is 12.5. The summed E-state index contributed by atoms with van der Waals surface area (Å²) in [6, 6.07) is 13.0. The lowest BCUT2D eigenvalue weighted by Crippen LogP contribution is -2.22. The minimum absolute atomic E-state index is 0.158. The Balaban J connectivity index is 1.96. The van der Waals surface area contributed by atoms with Crippen molar-refractivity contribution in [1.29, 1.82) is 0 Å². The van der Waals surface area contributed by atoms with E-state index in [1.54, 1.807) is 43.3 Å². The fourth-order valence-electron chi connectivity index (χ4n) is 2.42. The van der Waals surface area contributed by atoms with Crippen LogP contribution in [-0.2, 0) is 4.74 Å². The molecule has 26 heavy (non-hydrogen) atoms. The maximum absolute atomic E-state index is 12.6. The van der Waals surface area contributed by atoms with Gasteiger partial charge in [-0.2, -0.15) is 0 Å². The van der Waals surface area contributed by atoms with Crippen molar-refractivity contribution >= 4 is 44.5 Å². The first kappa shape index (κ1) is 17.9. The number of carbonyl (C=O) groups is 2. The average molecular weight is 416 g/mol. The average Bonchev–Trinajstić information content (AvgIpc) is 2.62. The van der Waals surface area contributed by atoms with Gasteiger partial charge in [-0.1, -0.05) is 28.1 Å². The van der Waals surface area contributed by atoms with Gasteiger partial charge in [0.25, 0.3) is 5.91 Å². The number of halogens is 1. The van der Waals surface area contributed by atoms with Gasteiger partial charge in [-0.15, -0.1) is 0 Å². The molecule has 0 spiro atoms. The van der Waals surface area contributed by atoms with Crippen molar-refractivity contribution in [3.63, 3.8) is 0 Å². The zero-order valence-corrected chi connectivity index (χ0v) is 15.3. The molecule has 1 heterocycles. The van der Waals surface area contributed by atoms with E-state index in [0.717, 1.165) is 4.47 Å². The van der Waals surface area contributed by atoms with E-state index in [4.69, 9.17) is 9.15 Å². The predicted molar refractivity (Wildman–Crippen MR) is 101 cm³/mol. The highest BCUT2D eigenvalue weighted by atomic mass is 79.9. The molecule has 0 bridgehead atoms. The van der Waals surface area contributed by atoms with E-state index in [1.165, 1.54) is 12.1 Å². The molecule has 3 rings (SSSR count). The van der Waals surface area contributed by atoms with Gasteiger partial charge in [-0.25, -0.2) is 9.59 Å². The molecular formula is C19H14BrNO5. The number of ether oxygens (including phenoxy) is 1. The molecule has 0 aliphatic carbocycles. The van der Waals surface area contributed by atoms with Gasteiger partial charge >= 0.3 is 11.6 Å². The number of amides is 1. The molecule has 1 aromatic heterocycles. The molecule has 2 aromatic carbocycles. The Hall–Kier alpha value is -2.93. The minimum atomic E-state index is -0.758. The van der Waals surface area contributed by atoms with E-state index in [1.807, 2.05) is 0 Å². The largest absolute Gasteiger partial charge is 0.462 e. The molecule has 1 amide bonds. The smallest absolute Gasteiger partial charge is 0.349 e. The zero-order chi connectivity index (χ0) is 18.7. The van der Waals surface area contributed by atoms with Crippen molar-refractivity contribution in [2.45, 2.75) is 6.92 Å². The molecular weight excluding hydrogens is 402 g/mol. The fourth-order valence-corrected chi connectivity index (χ4v) is 2.80. The van der Waals surface area contributed by atoms with Crippen molar-refractivity contribution in [3.05, 3.63) is 74.6 Å². The standard InChI is InChI=1S/C19H14BrNO5/c1-2-25-18(23)13-5-3-4-6-15(13)21-17(22)14-10-11-9-12(20)7-8-16(11)26-19(14)24/h3-10H,2H2,1H3,(H,21,22). The lowest BCUT2D eigenvalue weighted by atomic mass is 10.1. The normalized spacial score (nSPS) is 10.5. The Labute approximate surface area is 156 Å². The third kappa shape index (κ3) is 3.67. The Morgan fingerprint density at radius 3 is 2.65 bits per heavy atom. The van der Waals surface area contributed by atoms with Gasteiger partial charge in [0.2, 0.25) is 0 Å². The topological polar surface area (TPSA) is 85.6 Å². The Morgan fingerprint density at radius 1 is 1.12 bits per heavy atom. The number of fused-ring (bicyclic) bond motifs is 1. The van der Waals surface area contributed by atoms with E-state index in [-0.39, 0.29) is 23.4 Å². The van der Waals surface area contributed by atoms with E-state index in [0.29, 0.717) is 11.0 Å². The van der Waals surface area contributed by atoms with Crippen LogP contribution in [0.25, 0.3) is 11.0 Å². The first-order valence-electron chi connectivity index (χ1n) is 7.80. The van der Waals surface area contributed by atoms with Gasteiger partial charge in [0.15, 0.2) is 0 Å². The predicted octanol–water partition coefficient (Wildman–Crippen LogP) is 3.98. The molecule has 0 atom stereocenters. The highest BCUT2D eigenvalue weighted by Crippen LogP contribution is 2.21. The summed E-state index contributed by atoms with van der Waals surface area (Å²) in [5.74, 6) is -1.23. The van der Waals surface area contributed by atoms with Crippen molar-refractivity contribution in [2.75, 3.05) is 11.9 Å². The number of nitrogens with one attached hydrogen (secondary N) is 1. The molecule has 0 radical (unpaired) electrons. The van der Waals surface area contributed by atoms with Crippen LogP contribution in [0.2, 0.25) is 0 Å². The highest BCUT2D eigenvalue weighted by molar-refractivity contribution is 9.10. The summed E-state index contributed by atoms with van der Waals surface area (Å²) in [7, 11) is 0. The Kier molecular flexibility index (Phi) is 5.18. The van der Waals surface area contributed by atoms with E-state index in [2.05, 4.69) is 21.2 Å². The number of carbonyl (C=O) groups excluding carboxylic acids is 2. The minimum Gasteiger partial charge on any atom is -0.462 e. The van der Waals surface area contributed by atoms with Gasteiger partial charge < -0.3 is 14.5 Å². The number of para-hydroxylation sites is 1. The molecule has 0 saturated heterocycles. The van der Waals surface area contributed by atoms with Crippen molar-refractivity contribution in [3.8, 4) is 0 Å². The Morgan fingerprint density at radius 2 is 1.88 bits per heavy atom. The second-order valence-electron chi connectivity index (χ2n) is 5.35. The van der Waals surface area contributed by atoms with Crippen LogP contribution in [0.3, 0.4) is 0 Å². The fraction of sp³-hybridized carbons (Fsp3) is 0.105. The van der Waals surface area contributed by atoms with Crippen LogP contribution >= 0.6 is 15.9 Å². The summed E-state index contributed by atoms with van der Waals surface area (Å²) in [6.45, 7) is 1.90. The third-order valence-corrected chi connectivity index (χ3v) is 4.10. The van der Waals surface area contributed by atoms with Gasteiger partial charge in [-0.05, 0) is 43.3 Å². The second kappa shape index (κ2) is 7.53. The molecule has 132 valence electrons. The molecule has 3 aromatic rings. The van der Waals surface area contributed by atoms with Gasteiger partial charge in [-0.3, -0.25) is 4.79 Å². The lowest BCUT2D eigenvalue weighted by Gasteiger charge is -2.10. The van der Waals surface area contributed by atoms with E-state index in [9.17, 15) is 14.4 Å². The van der Waals surface area contributed by atoms with Gasteiger partial charge in [0.05, 0.1) is 17.9 Å². The summed E-state index contributed by atoms with van der Waals surface area (Å²) >= 11 is 3.33. The van der Waals surface area contributed by atoms with Crippen LogP contribution < -0.4 is 10.9 Å². The SMILES string of the molecule is CCOC(=O)c1ccccc1NC(=O)c1cc2cc(Br)ccc2oc1=O. The number of esters is 1. The molecule has 0 unspecified atom stereocenters. The zero-order valence-electron chi connectivity index (χ0n) is 13.7. The molecule has 0 fully saturated rings. The number of hydrogen-bond acceptors (Lipinski definition) is 5. The number of hydrogen-bond donors (Lipinski definition) is 1. The van der Waals surface area contributed by atoms with Crippen LogP contribution in [0, 0.1) is 0 Å². The summed E-state index contributed by atoms with van der Waals surface area (Å²) in [4.78, 5) is 36.7. The quantitative estimate of drug-likeness (QED) is 0.514. The summed E-state index contributed by atoms with van der Waals surface area (Å²) < 4.78 is 11.0. The van der Waals surface area contributed by atoms with Crippen molar-refractivity contribution < 1.29 is 18.7 Å². The lowest BCUT2D eigenvalue weighted by molar-refractivity contribution is 0.0527. The number of benzene rings is 2. The van der Waals surface area contributed by atoms with Crippen LogP contribution in [0.5, 0.6) is 0 Å². The third-order valence-electron chi connectivity index (χ3n) is 3.61. The number of anilines is 1. The monoisotopic (exact) mass is 415 g/mol. The second-order valence-corrected chi connectivity index (χ2v) is 6.27. The molecule has 0 aliphatic rings. The maximum atomic E-state index is 12.6. The van der Waals surface area contributed by atoms with Crippen LogP contribution in [0.4, 0.5) is 5.69 Å². The van der Waals surface area contributed by atoms with Crippen LogP contribution in [-0.4, -0.2) is 18.5 Å². The van der Waals surface area contributed by atoms with Crippen LogP contribution in [0.15, 0.2) is 62.2 Å². The summed E-state index contributed by atoms with van der Waals surface area (Å²) in [5, 5.41) is 3.17. The maximum Gasteiger partial charge on any atom is 0.349 e. The molecule has 6 nitrogen and oxygen atoms in total. The summed E-state index contributed by atoms with van der Waals surface area (Å²) in [5.41, 5.74) is -0.0813.